The second kappa shape index (κ2) is 8.25. The summed E-state index contributed by atoms with van der Waals surface area (Å²) in [6, 6.07) is 43.7. The largest absolute Gasteiger partial charge is 0.437 e. The first-order chi connectivity index (χ1) is 16.4. The van der Waals surface area contributed by atoms with E-state index in [0.717, 1.165) is 39.1 Å². The molecule has 0 aliphatic rings. The molecule has 0 atom stereocenters. The van der Waals surface area contributed by atoms with Crippen LogP contribution in [0.4, 0.5) is 0 Å². The zero-order valence-electron chi connectivity index (χ0n) is 18.0. The number of pyridine rings is 1. The van der Waals surface area contributed by atoms with E-state index in [1.54, 1.807) is 0 Å². The maximum Gasteiger partial charge on any atom is 0.227 e. The Morgan fingerprint density at radius 2 is 1.03 bits per heavy atom. The van der Waals surface area contributed by atoms with Crippen molar-refractivity contribution in [3.05, 3.63) is 127 Å². The SMILES string of the molecule is c1ccc(-c2cccc(-c3ccc4c(-c5ccccc5)c(-c5ccccc5)oc4n3)c2)cc1. The fourth-order valence-electron chi connectivity index (χ4n) is 4.31. The first-order valence-corrected chi connectivity index (χ1v) is 11.1. The minimum Gasteiger partial charge on any atom is -0.437 e. The predicted octanol–water partition coefficient (Wildman–Crippen LogP) is 8.50. The summed E-state index contributed by atoms with van der Waals surface area (Å²) in [5, 5.41) is 1.02. The van der Waals surface area contributed by atoms with Gasteiger partial charge in [-0.3, -0.25) is 0 Å². The highest BCUT2D eigenvalue weighted by Crippen LogP contribution is 2.41. The smallest absolute Gasteiger partial charge is 0.227 e. The number of furan rings is 1. The van der Waals surface area contributed by atoms with Gasteiger partial charge in [-0.15, -0.1) is 0 Å². The number of nitrogens with zero attached hydrogens (tertiary/aromatic N) is 1. The van der Waals surface area contributed by atoms with Crippen LogP contribution in [0.5, 0.6) is 0 Å². The normalized spacial score (nSPS) is 11.0. The summed E-state index contributed by atoms with van der Waals surface area (Å²) in [5.41, 5.74) is 8.22. The van der Waals surface area contributed by atoms with Crippen molar-refractivity contribution in [3.8, 4) is 44.8 Å². The van der Waals surface area contributed by atoms with Crippen LogP contribution in [0.2, 0.25) is 0 Å². The minimum atomic E-state index is 0.648. The average Bonchev–Trinajstić information content (AvgIpc) is 3.29. The van der Waals surface area contributed by atoms with E-state index >= 15 is 0 Å². The molecule has 0 radical (unpaired) electrons. The van der Waals surface area contributed by atoms with Gasteiger partial charge in [0.25, 0.3) is 0 Å². The van der Waals surface area contributed by atoms with Crippen molar-refractivity contribution < 1.29 is 4.42 Å². The second-order valence-corrected chi connectivity index (χ2v) is 8.03. The molecule has 0 N–H and O–H groups in total. The van der Waals surface area contributed by atoms with Crippen molar-refractivity contribution in [2.45, 2.75) is 0 Å². The van der Waals surface area contributed by atoms with E-state index in [4.69, 9.17) is 9.40 Å². The lowest BCUT2D eigenvalue weighted by Gasteiger charge is -2.06. The summed E-state index contributed by atoms with van der Waals surface area (Å²) in [4.78, 5) is 4.95. The van der Waals surface area contributed by atoms with Gasteiger partial charge < -0.3 is 4.42 Å². The molecule has 6 aromatic rings. The monoisotopic (exact) mass is 423 g/mol. The summed E-state index contributed by atoms with van der Waals surface area (Å²) in [7, 11) is 0. The fraction of sp³-hybridized carbons (Fsp3) is 0. The van der Waals surface area contributed by atoms with Gasteiger partial charge in [-0.2, -0.15) is 0 Å². The number of rotatable bonds is 4. The Morgan fingerprint density at radius 1 is 0.455 bits per heavy atom. The third-order valence-electron chi connectivity index (χ3n) is 5.92. The lowest BCUT2D eigenvalue weighted by molar-refractivity contribution is 0.620. The number of hydrogen-bond donors (Lipinski definition) is 0. The zero-order valence-corrected chi connectivity index (χ0v) is 18.0. The van der Waals surface area contributed by atoms with E-state index in [9.17, 15) is 0 Å². The van der Waals surface area contributed by atoms with Crippen LogP contribution in [0, 0.1) is 0 Å². The lowest BCUT2D eigenvalue weighted by atomic mass is 9.98. The van der Waals surface area contributed by atoms with Gasteiger partial charge in [0.05, 0.1) is 5.69 Å². The molecule has 2 heteroatoms. The van der Waals surface area contributed by atoms with Crippen molar-refractivity contribution in [2.75, 3.05) is 0 Å². The van der Waals surface area contributed by atoms with Crippen molar-refractivity contribution in [2.24, 2.45) is 0 Å². The molecule has 4 aromatic carbocycles. The van der Waals surface area contributed by atoms with Crippen LogP contribution in [0.15, 0.2) is 132 Å². The predicted molar refractivity (Wildman–Crippen MR) is 136 cm³/mol. The zero-order chi connectivity index (χ0) is 22.0. The molecule has 0 aliphatic heterocycles. The van der Waals surface area contributed by atoms with Crippen molar-refractivity contribution in [1.82, 2.24) is 4.98 Å². The van der Waals surface area contributed by atoms with Crippen LogP contribution < -0.4 is 0 Å². The molecule has 0 saturated heterocycles. The molecule has 0 unspecified atom stereocenters. The summed E-state index contributed by atoms with van der Waals surface area (Å²) < 4.78 is 6.41. The Kier molecular flexibility index (Phi) is 4.82. The van der Waals surface area contributed by atoms with Crippen LogP contribution in [-0.2, 0) is 0 Å². The Bertz CT molecular complexity index is 1530. The molecule has 0 saturated carbocycles. The molecule has 0 amide bonds. The van der Waals surface area contributed by atoms with Gasteiger partial charge in [-0.1, -0.05) is 109 Å². The average molecular weight is 424 g/mol. The Morgan fingerprint density at radius 3 is 1.73 bits per heavy atom. The Hall–Kier alpha value is -4.43. The fourth-order valence-corrected chi connectivity index (χ4v) is 4.31. The highest BCUT2D eigenvalue weighted by atomic mass is 16.3. The summed E-state index contributed by atoms with van der Waals surface area (Å²) in [5.74, 6) is 0.847. The number of hydrogen-bond acceptors (Lipinski definition) is 2. The molecule has 0 spiro atoms. The highest BCUT2D eigenvalue weighted by Gasteiger charge is 2.19. The number of aromatic nitrogens is 1. The molecule has 0 fully saturated rings. The molecule has 0 aliphatic carbocycles. The van der Waals surface area contributed by atoms with Crippen LogP contribution in [0.3, 0.4) is 0 Å². The molecule has 2 aromatic heterocycles. The van der Waals surface area contributed by atoms with E-state index in [-0.39, 0.29) is 0 Å². The molecule has 2 nitrogen and oxygen atoms in total. The number of fused-ring (bicyclic) bond motifs is 1. The minimum absolute atomic E-state index is 0.648. The standard InChI is InChI=1S/C31H21NO/c1-4-11-22(12-5-1)25-17-10-18-26(21-25)28-20-19-27-29(23-13-6-2-7-14-23)30(33-31(27)32-28)24-15-8-3-9-16-24/h1-21H. The lowest BCUT2D eigenvalue weighted by Crippen LogP contribution is -1.85. The van der Waals surface area contributed by atoms with Gasteiger partial charge in [0.2, 0.25) is 5.71 Å². The van der Waals surface area contributed by atoms with Gasteiger partial charge in [0, 0.05) is 22.1 Å². The summed E-state index contributed by atoms with van der Waals surface area (Å²) >= 11 is 0. The first kappa shape index (κ1) is 19.3. The number of benzene rings is 4. The molecular weight excluding hydrogens is 402 g/mol. The van der Waals surface area contributed by atoms with Crippen LogP contribution >= 0.6 is 0 Å². The van der Waals surface area contributed by atoms with Crippen LogP contribution in [0.25, 0.3) is 55.9 Å². The van der Waals surface area contributed by atoms with E-state index in [1.807, 2.05) is 30.3 Å². The van der Waals surface area contributed by atoms with Gasteiger partial charge in [0.1, 0.15) is 5.76 Å². The maximum atomic E-state index is 6.41. The topological polar surface area (TPSA) is 26.0 Å². The molecule has 0 bridgehead atoms. The van der Waals surface area contributed by atoms with Gasteiger partial charge in [-0.05, 0) is 34.9 Å². The van der Waals surface area contributed by atoms with E-state index in [0.29, 0.717) is 5.71 Å². The van der Waals surface area contributed by atoms with Crippen LogP contribution in [0.1, 0.15) is 0 Å². The second-order valence-electron chi connectivity index (χ2n) is 8.03. The molecule has 156 valence electrons. The Balaban J connectivity index is 1.51. The van der Waals surface area contributed by atoms with Crippen molar-refractivity contribution in [1.29, 1.82) is 0 Å². The van der Waals surface area contributed by atoms with E-state index < -0.39 is 0 Å². The van der Waals surface area contributed by atoms with Gasteiger partial charge in [-0.25, -0.2) is 4.98 Å². The van der Waals surface area contributed by atoms with E-state index in [2.05, 4.69) is 97.1 Å². The third-order valence-corrected chi connectivity index (χ3v) is 5.92. The molecular formula is C31H21NO. The molecule has 33 heavy (non-hydrogen) atoms. The third kappa shape index (κ3) is 3.62. The summed E-state index contributed by atoms with van der Waals surface area (Å²) in [6.07, 6.45) is 0. The van der Waals surface area contributed by atoms with Gasteiger partial charge >= 0.3 is 0 Å². The summed E-state index contributed by atoms with van der Waals surface area (Å²) in [6.45, 7) is 0. The van der Waals surface area contributed by atoms with Crippen molar-refractivity contribution in [3.63, 3.8) is 0 Å². The van der Waals surface area contributed by atoms with E-state index in [1.165, 1.54) is 11.1 Å². The van der Waals surface area contributed by atoms with Crippen LogP contribution in [-0.4, -0.2) is 4.98 Å². The quantitative estimate of drug-likeness (QED) is 0.284. The Labute approximate surface area is 192 Å². The van der Waals surface area contributed by atoms with Crippen molar-refractivity contribution >= 4 is 11.1 Å². The first-order valence-electron chi connectivity index (χ1n) is 11.1. The molecule has 6 rings (SSSR count). The highest BCUT2D eigenvalue weighted by molar-refractivity contribution is 6.01. The maximum absolute atomic E-state index is 6.41. The molecule has 2 heterocycles. The van der Waals surface area contributed by atoms with Gasteiger partial charge in [0.15, 0.2) is 0 Å².